The van der Waals surface area contributed by atoms with Crippen LogP contribution < -0.4 is 20.1 Å². The normalized spacial score (nSPS) is 12.9. The predicted octanol–water partition coefficient (Wildman–Crippen LogP) is 2.46. The lowest BCUT2D eigenvalue weighted by Gasteiger charge is -2.12. The SMILES string of the molecule is CN=C(NCCCc1ccc(O)cc1)NCCc1ccc2c(c1)OCO2. The molecule has 26 heavy (non-hydrogen) atoms. The van der Waals surface area contributed by atoms with E-state index in [0.29, 0.717) is 12.5 Å². The fourth-order valence-electron chi connectivity index (χ4n) is 2.80. The number of aryl methyl sites for hydroxylation is 1. The van der Waals surface area contributed by atoms with E-state index in [-0.39, 0.29) is 0 Å². The molecule has 0 atom stereocenters. The van der Waals surface area contributed by atoms with Crippen LogP contribution in [0.15, 0.2) is 47.5 Å². The third-order valence-corrected chi connectivity index (χ3v) is 4.24. The van der Waals surface area contributed by atoms with Gasteiger partial charge in [-0.3, -0.25) is 4.99 Å². The fourth-order valence-corrected chi connectivity index (χ4v) is 2.80. The molecule has 3 rings (SSSR count). The fraction of sp³-hybridized carbons (Fsp3) is 0.350. The highest BCUT2D eigenvalue weighted by Crippen LogP contribution is 2.32. The van der Waals surface area contributed by atoms with Gasteiger partial charge in [-0.15, -0.1) is 0 Å². The molecule has 0 radical (unpaired) electrons. The van der Waals surface area contributed by atoms with Crippen LogP contribution in [0, 0.1) is 0 Å². The number of hydrogen-bond acceptors (Lipinski definition) is 4. The monoisotopic (exact) mass is 355 g/mol. The molecule has 0 amide bonds. The minimum absolute atomic E-state index is 0.303. The number of aliphatic imine (C=N–C) groups is 1. The Morgan fingerprint density at radius 2 is 1.69 bits per heavy atom. The molecule has 1 aliphatic rings. The molecule has 3 N–H and O–H groups in total. The molecule has 0 aliphatic carbocycles. The van der Waals surface area contributed by atoms with E-state index in [4.69, 9.17) is 9.47 Å². The zero-order valence-electron chi connectivity index (χ0n) is 15.0. The molecule has 0 bridgehead atoms. The molecule has 0 saturated carbocycles. The highest BCUT2D eigenvalue weighted by molar-refractivity contribution is 5.79. The number of nitrogens with one attached hydrogen (secondary N) is 2. The highest BCUT2D eigenvalue weighted by atomic mass is 16.7. The van der Waals surface area contributed by atoms with Gasteiger partial charge in [-0.05, 0) is 54.7 Å². The molecule has 6 heteroatoms. The van der Waals surface area contributed by atoms with Crippen molar-refractivity contribution in [1.82, 2.24) is 10.6 Å². The Labute approximate surface area is 153 Å². The highest BCUT2D eigenvalue weighted by Gasteiger charge is 2.12. The van der Waals surface area contributed by atoms with Gasteiger partial charge in [0.1, 0.15) is 5.75 Å². The van der Waals surface area contributed by atoms with Gasteiger partial charge in [0, 0.05) is 20.1 Å². The van der Waals surface area contributed by atoms with Gasteiger partial charge in [-0.25, -0.2) is 0 Å². The number of phenolic OH excluding ortho intramolecular Hbond substituents is 1. The third-order valence-electron chi connectivity index (χ3n) is 4.24. The van der Waals surface area contributed by atoms with E-state index in [1.165, 1.54) is 11.1 Å². The summed E-state index contributed by atoms with van der Waals surface area (Å²) in [5.41, 5.74) is 2.42. The van der Waals surface area contributed by atoms with Gasteiger partial charge in [0.2, 0.25) is 6.79 Å². The van der Waals surface area contributed by atoms with Gasteiger partial charge in [0.15, 0.2) is 17.5 Å². The van der Waals surface area contributed by atoms with Crippen molar-refractivity contribution in [2.24, 2.45) is 4.99 Å². The Morgan fingerprint density at radius 1 is 0.962 bits per heavy atom. The quantitative estimate of drug-likeness (QED) is 0.404. The van der Waals surface area contributed by atoms with Crippen LogP contribution in [0.4, 0.5) is 0 Å². The largest absolute Gasteiger partial charge is 0.508 e. The lowest BCUT2D eigenvalue weighted by molar-refractivity contribution is 0.174. The molecule has 0 unspecified atom stereocenters. The average molecular weight is 355 g/mol. The maximum absolute atomic E-state index is 9.29. The lowest BCUT2D eigenvalue weighted by atomic mass is 10.1. The number of nitrogens with zero attached hydrogens (tertiary/aromatic N) is 1. The summed E-state index contributed by atoms with van der Waals surface area (Å²) in [4.78, 5) is 4.25. The van der Waals surface area contributed by atoms with E-state index in [0.717, 1.165) is 49.8 Å². The Hall–Kier alpha value is -2.89. The second-order valence-corrected chi connectivity index (χ2v) is 6.13. The van der Waals surface area contributed by atoms with Crippen LogP contribution in [0.1, 0.15) is 17.5 Å². The molecule has 0 saturated heterocycles. The van der Waals surface area contributed by atoms with Crippen molar-refractivity contribution < 1.29 is 14.6 Å². The van der Waals surface area contributed by atoms with Crippen LogP contribution in [0.5, 0.6) is 17.2 Å². The van der Waals surface area contributed by atoms with E-state index < -0.39 is 0 Å². The van der Waals surface area contributed by atoms with Crippen LogP contribution in [0.25, 0.3) is 0 Å². The van der Waals surface area contributed by atoms with Crippen LogP contribution >= 0.6 is 0 Å². The zero-order valence-corrected chi connectivity index (χ0v) is 15.0. The molecule has 138 valence electrons. The molecular weight excluding hydrogens is 330 g/mol. The van der Waals surface area contributed by atoms with Crippen LogP contribution in [-0.2, 0) is 12.8 Å². The first-order valence-electron chi connectivity index (χ1n) is 8.85. The summed E-state index contributed by atoms with van der Waals surface area (Å²) < 4.78 is 10.7. The number of ether oxygens (including phenoxy) is 2. The maximum Gasteiger partial charge on any atom is 0.231 e. The van der Waals surface area contributed by atoms with Gasteiger partial charge in [-0.1, -0.05) is 18.2 Å². The van der Waals surface area contributed by atoms with E-state index in [1.54, 1.807) is 19.2 Å². The summed E-state index contributed by atoms with van der Waals surface area (Å²) in [7, 11) is 1.77. The first-order chi connectivity index (χ1) is 12.7. The summed E-state index contributed by atoms with van der Waals surface area (Å²) in [5, 5.41) is 15.9. The second-order valence-electron chi connectivity index (χ2n) is 6.13. The van der Waals surface area contributed by atoms with Gasteiger partial charge in [0.25, 0.3) is 0 Å². The summed E-state index contributed by atoms with van der Waals surface area (Å²) in [6.07, 6.45) is 2.83. The van der Waals surface area contributed by atoms with Gasteiger partial charge in [-0.2, -0.15) is 0 Å². The van der Waals surface area contributed by atoms with E-state index in [2.05, 4.69) is 21.7 Å². The Bertz CT molecular complexity index is 744. The van der Waals surface area contributed by atoms with Crippen molar-refractivity contribution in [2.75, 3.05) is 26.9 Å². The maximum atomic E-state index is 9.29. The summed E-state index contributed by atoms with van der Waals surface area (Å²) >= 11 is 0. The number of rotatable bonds is 7. The molecule has 0 aromatic heterocycles. The van der Waals surface area contributed by atoms with Gasteiger partial charge in [0.05, 0.1) is 0 Å². The van der Waals surface area contributed by atoms with Crippen molar-refractivity contribution in [3.05, 3.63) is 53.6 Å². The molecule has 0 spiro atoms. The average Bonchev–Trinajstić information content (AvgIpc) is 3.13. The van der Waals surface area contributed by atoms with Gasteiger partial charge >= 0.3 is 0 Å². The first kappa shape index (κ1) is 17.9. The summed E-state index contributed by atoms with van der Waals surface area (Å²) in [6.45, 7) is 1.93. The van der Waals surface area contributed by atoms with Crippen LogP contribution in [0.2, 0.25) is 0 Å². The number of guanidine groups is 1. The van der Waals surface area contributed by atoms with Crippen molar-refractivity contribution in [1.29, 1.82) is 0 Å². The van der Waals surface area contributed by atoms with E-state index in [1.807, 2.05) is 24.3 Å². The molecular formula is C20H25N3O3. The predicted molar refractivity (Wildman–Crippen MR) is 102 cm³/mol. The Balaban J connectivity index is 1.35. The van der Waals surface area contributed by atoms with E-state index >= 15 is 0 Å². The minimum Gasteiger partial charge on any atom is -0.508 e. The van der Waals surface area contributed by atoms with E-state index in [9.17, 15) is 5.11 Å². The lowest BCUT2D eigenvalue weighted by Crippen LogP contribution is -2.38. The van der Waals surface area contributed by atoms with Crippen molar-refractivity contribution >= 4 is 5.96 Å². The molecule has 2 aromatic rings. The van der Waals surface area contributed by atoms with Crippen LogP contribution in [0.3, 0.4) is 0 Å². The zero-order chi connectivity index (χ0) is 18.2. The van der Waals surface area contributed by atoms with Gasteiger partial charge < -0.3 is 25.2 Å². The Morgan fingerprint density at radius 3 is 2.50 bits per heavy atom. The number of hydrogen-bond donors (Lipinski definition) is 3. The van der Waals surface area contributed by atoms with Crippen molar-refractivity contribution in [3.8, 4) is 17.2 Å². The third kappa shape index (κ3) is 5.05. The molecule has 1 heterocycles. The standard InChI is InChI=1S/C20H25N3O3/c1-21-20(22-11-2-3-15-4-7-17(24)8-5-15)23-12-10-16-6-9-18-19(13-16)26-14-25-18/h4-9,13,24H,2-3,10-12,14H2,1H3,(H2,21,22,23). The molecule has 2 aromatic carbocycles. The molecule has 6 nitrogen and oxygen atoms in total. The first-order valence-corrected chi connectivity index (χ1v) is 8.85. The topological polar surface area (TPSA) is 75.1 Å². The van der Waals surface area contributed by atoms with Crippen molar-refractivity contribution in [3.63, 3.8) is 0 Å². The Kier molecular flexibility index (Phi) is 6.19. The second kappa shape index (κ2) is 8.99. The summed E-state index contributed by atoms with van der Waals surface area (Å²) in [6, 6.07) is 13.4. The smallest absolute Gasteiger partial charge is 0.231 e. The number of fused-ring (bicyclic) bond motifs is 1. The minimum atomic E-state index is 0.303. The number of phenols is 1. The number of benzene rings is 2. The van der Waals surface area contributed by atoms with Crippen molar-refractivity contribution in [2.45, 2.75) is 19.3 Å². The molecule has 1 aliphatic heterocycles. The summed E-state index contributed by atoms with van der Waals surface area (Å²) in [5.74, 6) is 2.74. The number of aromatic hydroxyl groups is 1. The van der Waals surface area contributed by atoms with Crippen LogP contribution in [-0.4, -0.2) is 38.0 Å². The molecule has 0 fully saturated rings.